The minimum atomic E-state index is -0.482. The van der Waals surface area contributed by atoms with Crippen LogP contribution in [-0.4, -0.2) is 12.1 Å². The second kappa shape index (κ2) is 6.13. The number of primary amides is 1. The second-order valence-electron chi connectivity index (χ2n) is 3.12. The summed E-state index contributed by atoms with van der Waals surface area (Å²) in [4.78, 5) is 15.1. The van der Waals surface area contributed by atoms with E-state index in [2.05, 4.69) is 11.6 Å². The van der Waals surface area contributed by atoms with E-state index in [0.717, 1.165) is 24.0 Å². The third kappa shape index (κ3) is 4.03. The summed E-state index contributed by atoms with van der Waals surface area (Å²) < 4.78 is 0. The summed E-state index contributed by atoms with van der Waals surface area (Å²) in [6.07, 6.45) is 3.19. The van der Waals surface area contributed by atoms with Crippen LogP contribution in [0.4, 0.5) is 0 Å². The van der Waals surface area contributed by atoms with Gasteiger partial charge in [0.2, 0.25) is 0 Å². The zero-order chi connectivity index (χ0) is 11.1. The van der Waals surface area contributed by atoms with Crippen LogP contribution in [0.3, 0.4) is 0 Å². The largest absolute Gasteiger partial charge is 0.364 e. The van der Waals surface area contributed by atoms with E-state index >= 15 is 0 Å². The molecule has 0 aliphatic heterocycles. The molecule has 0 heterocycles. The summed E-state index contributed by atoms with van der Waals surface area (Å²) in [6.45, 7) is 9.56. The Morgan fingerprint density at radius 2 is 2.00 bits per heavy atom. The zero-order valence-electron chi connectivity index (χ0n) is 9.13. The van der Waals surface area contributed by atoms with Gasteiger partial charge in [-0.05, 0) is 30.9 Å². The number of carbonyl (C=O) groups excluding carboxylic acids is 1. The average Bonchev–Trinajstić information content (AvgIpc) is 2.16. The van der Waals surface area contributed by atoms with Crippen LogP contribution in [0.2, 0.25) is 0 Å². The van der Waals surface area contributed by atoms with Crippen molar-refractivity contribution in [2.24, 2.45) is 10.7 Å². The molecule has 0 fully saturated rings. The minimum Gasteiger partial charge on any atom is -0.364 e. The molecule has 0 rings (SSSR count). The molecule has 14 heavy (non-hydrogen) atoms. The maximum Gasteiger partial charge on any atom is 0.267 e. The predicted molar refractivity (Wildman–Crippen MR) is 60.1 cm³/mol. The van der Waals surface area contributed by atoms with Crippen molar-refractivity contribution in [1.82, 2.24) is 0 Å². The van der Waals surface area contributed by atoms with Crippen LogP contribution >= 0.6 is 0 Å². The molecule has 0 aliphatic rings. The fourth-order valence-corrected chi connectivity index (χ4v) is 0.799. The highest BCUT2D eigenvalue weighted by Gasteiger charge is 2.05. The van der Waals surface area contributed by atoms with Gasteiger partial charge in [0.1, 0.15) is 5.70 Å². The highest BCUT2D eigenvalue weighted by molar-refractivity contribution is 5.95. The number of rotatable bonds is 5. The number of carbonyl (C=O) groups is 1. The molecule has 0 aromatic heterocycles. The van der Waals surface area contributed by atoms with Gasteiger partial charge in [-0.15, -0.1) is 0 Å². The first-order valence-corrected chi connectivity index (χ1v) is 4.74. The molecule has 0 aromatic carbocycles. The van der Waals surface area contributed by atoms with Gasteiger partial charge in [-0.3, -0.25) is 9.79 Å². The molecule has 0 aliphatic carbocycles. The van der Waals surface area contributed by atoms with Crippen LogP contribution in [0, 0.1) is 0 Å². The lowest BCUT2D eigenvalue weighted by molar-refractivity contribution is -0.114. The van der Waals surface area contributed by atoms with Crippen molar-refractivity contribution in [3.8, 4) is 0 Å². The third-order valence-electron chi connectivity index (χ3n) is 2.00. The molecule has 0 aromatic rings. The molecular formula is C11H18N2O. The van der Waals surface area contributed by atoms with Crippen LogP contribution in [0.25, 0.3) is 0 Å². The molecule has 0 spiro atoms. The van der Waals surface area contributed by atoms with E-state index in [1.807, 2.05) is 20.8 Å². The third-order valence-corrected chi connectivity index (χ3v) is 2.00. The van der Waals surface area contributed by atoms with Crippen LogP contribution in [-0.2, 0) is 4.79 Å². The molecular weight excluding hydrogens is 176 g/mol. The van der Waals surface area contributed by atoms with Crippen molar-refractivity contribution >= 4 is 12.1 Å². The summed E-state index contributed by atoms with van der Waals surface area (Å²) in [5, 5.41) is 0. The second-order valence-corrected chi connectivity index (χ2v) is 3.12. The molecule has 0 saturated carbocycles. The van der Waals surface area contributed by atoms with Gasteiger partial charge >= 0.3 is 0 Å². The van der Waals surface area contributed by atoms with E-state index in [0.29, 0.717) is 5.70 Å². The fourth-order valence-electron chi connectivity index (χ4n) is 0.799. The first kappa shape index (κ1) is 12.6. The summed E-state index contributed by atoms with van der Waals surface area (Å²) >= 11 is 0. The molecule has 0 saturated heterocycles. The summed E-state index contributed by atoms with van der Waals surface area (Å²) in [6, 6.07) is 0. The fraction of sp³-hybridized carbons (Fsp3) is 0.455. The van der Waals surface area contributed by atoms with Crippen molar-refractivity contribution in [3.63, 3.8) is 0 Å². The number of nitrogens with zero attached hydrogens (tertiary/aromatic N) is 1. The van der Waals surface area contributed by atoms with E-state index in [9.17, 15) is 4.79 Å². The SMILES string of the molecule is C=C(C=N/C(C(N)=O)=C(\C)CC)CC. The lowest BCUT2D eigenvalue weighted by Crippen LogP contribution is -2.14. The first-order chi connectivity index (χ1) is 6.52. The van der Waals surface area contributed by atoms with Gasteiger partial charge in [-0.2, -0.15) is 0 Å². The van der Waals surface area contributed by atoms with Gasteiger partial charge in [-0.25, -0.2) is 0 Å². The number of nitrogens with two attached hydrogens (primary N) is 1. The van der Waals surface area contributed by atoms with Gasteiger partial charge in [-0.1, -0.05) is 20.4 Å². The minimum absolute atomic E-state index is 0.349. The topological polar surface area (TPSA) is 55.4 Å². The Morgan fingerprint density at radius 1 is 1.43 bits per heavy atom. The van der Waals surface area contributed by atoms with E-state index in [4.69, 9.17) is 5.73 Å². The molecule has 0 radical (unpaired) electrons. The smallest absolute Gasteiger partial charge is 0.267 e. The van der Waals surface area contributed by atoms with Crippen LogP contribution < -0.4 is 5.73 Å². The lowest BCUT2D eigenvalue weighted by atomic mass is 10.2. The number of allylic oxidation sites excluding steroid dienone is 2. The van der Waals surface area contributed by atoms with Gasteiger partial charge < -0.3 is 5.73 Å². The van der Waals surface area contributed by atoms with Gasteiger partial charge in [0, 0.05) is 6.21 Å². The van der Waals surface area contributed by atoms with Gasteiger partial charge in [0.25, 0.3) is 5.91 Å². The summed E-state index contributed by atoms with van der Waals surface area (Å²) in [7, 11) is 0. The van der Waals surface area contributed by atoms with Crippen LogP contribution in [0.15, 0.2) is 28.4 Å². The highest BCUT2D eigenvalue weighted by atomic mass is 16.1. The van der Waals surface area contributed by atoms with Crippen molar-refractivity contribution in [2.75, 3.05) is 0 Å². The summed E-state index contributed by atoms with van der Waals surface area (Å²) in [5.74, 6) is -0.482. The van der Waals surface area contributed by atoms with Crippen molar-refractivity contribution < 1.29 is 4.79 Å². The highest BCUT2D eigenvalue weighted by Crippen LogP contribution is 2.09. The van der Waals surface area contributed by atoms with Crippen molar-refractivity contribution in [3.05, 3.63) is 23.4 Å². The molecule has 2 N–H and O–H groups in total. The Bertz CT molecular complexity index is 288. The van der Waals surface area contributed by atoms with E-state index < -0.39 is 5.91 Å². The Morgan fingerprint density at radius 3 is 2.36 bits per heavy atom. The van der Waals surface area contributed by atoms with E-state index in [1.54, 1.807) is 6.21 Å². The monoisotopic (exact) mass is 194 g/mol. The summed E-state index contributed by atoms with van der Waals surface area (Å²) in [5.41, 5.74) is 7.33. The van der Waals surface area contributed by atoms with Crippen LogP contribution in [0.5, 0.6) is 0 Å². The van der Waals surface area contributed by atoms with E-state index in [-0.39, 0.29) is 0 Å². The lowest BCUT2D eigenvalue weighted by Gasteiger charge is -2.01. The van der Waals surface area contributed by atoms with Gasteiger partial charge in [0.15, 0.2) is 0 Å². The average molecular weight is 194 g/mol. The van der Waals surface area contributed by atoms with Gasteiger partial charge in [0.05, 0.1) is 0 Å². The molecule has 3 nitrogen and oxygen atoms in total. The Hall–Kier alpha value is -1.38. The molecule has 3 heteroatoms. The first-order valence-electron chi connectivity index (χ1n) is 4.74. The molecule has 0 atom stereocenters. The standard InChI is InChI=1S/C11H18N2O/c1-5-8(3)7-13-10(11(12)14)9(4)6-2/h7H,3,5-6H2,1-2,4H3,(H2,12,14)/b10-9+,13-7?. The molecule has 78 valence electrons. The van der Waals surface area contributed by atoms with Crippen LogP contribution in [0.1, 0.15) is 33.6 Å². The quantitative estimate of drug-likeness (QED) is 0.529. The molecule has 0 unspecified atom stereocenters. The maximum atomic E-state index is 11.0. The van der Waals surface area contributed by atoms with Crippen molar-refractivity contribution in [2.45, 2.75) is 33.6 Å². The number of amides is 1. The Labute approximate surface area is 85.4 Å². The predicted octanol–water partition coefficient (Wildman–Crippen LogP) is 2.19. The zero-order valence-corrected chi connectivity index (χ0v) is 9.13. The maximum absolute atomic E-state index is 11.0. The van der Waals surface area contributed by atoms with E-state index in [1.165, 1.54) is 0 Å². The number of hydrogen-bond acceptors (Lipinski definition) is 2. The van der Waals surface area contributed by atoms with Crippen molar-refractivity contribution in [1.29, 1.82) is 0 Å². The Kier molecular flexibility index (Phi) is 5.53. The Balaban J connectivity index is 4.81. The normalized spacial score (nSPS) is 12.8. The molecule has 1 amide bonds. The molecule has 0 bridgehead atoms. The number of aliphatic imine (C=N–C) groups is 1. The number of hydrogen-bond donors (Lipinski definition) is 1.